The maximum absolute atomic E-state index is 12.5. The highest BCUT2D eigenvalue weighted by atomic mass is 31.2. The van der Waals surface area contributed by atoms with E-state index in [2.05, 4.69) is 38.2 Å². The molecule has 11 heteroatoms. The second kappa shape index (κ2) is 36.8. The first-order valence-corrected chi connectivity index (χ1v) is 21.0. The smallest absolute Gasteiger partial charge is 0.462 e. The van der Waals surface area contributed by atoms with Crippen molar-refractivity contribution in [3.05, 3.63) is 72.9 Å². The number of phosphoric ester groups is 1. The summed E-state index contributed by atoms with van der Waals surface area (Å²) in [6.07, 6.45) is 39.7. The van der Waals surface area contributed by atoms with Crippen LogP contribution in [-0.4, -0.2) is 60.5 Å². The van der Waals surface area contributed by atoms with Crippen LogP contribution in [0.5, 0.6) is 0 Å². The number of aliphatic hydroxyl groups excluding tert-OH is 1. The lowest BCUT2D eigenvalue weighted by Crippen LogP contribution is -2.29. The van der Waals surface area contributed by atoms with E-state index in [-0.39, 0.29) is 32.6 Å². The lowest BCUT2D eigenvalue weighted by atomic mass is 10.1. The van der Waals surface area contributed by atoms with E-state index in [4.69, 9.17) is 24.3 Å². The molecule has 3 atom stereocenters. The van der Waals surface area contributed by atoms with Crippen molar-refractivity contribution in [2.75, 3.05) is 26.4 Å². The van der Waals surface area contributed by atoms with Crippen molar-refractivity contribution in [2.24, 2.45) is 5.73 Å². The SMILES string of the molecule is CC/C=C\C/C=C\CC(O)/C=C/C=C\C/C=C\CCCC(=O)O[C@H](COC(=O)CCCCCCC/C=C\CCCCCC)COP(=O)(O)OCCN. The van der Waals surface area contributed by atoms with Gasteiger partial charge in [0, 0.05) is 19.4 Å². The predicted molar refractivity (Wildman–Crippen MR) is 212 cm³/mol. The number of hydrogen-bond donors (Lipinski definition) is 3. The van der Waals surface area contributed by atoms with Gasteiger partial charge in [-0.1, -0.05) is 125 Å². The van der Waals surface area contributed by atoms with Crippen LogP contribution in [0.1, 0.15) is 136 Å². The van der Waals surface area contributed by atoms with Crippen molar-refractivity contribution in [1.82, 2.24) is 0 Å². The molecule has 0 aliphatic rings. The number of nitrogens with two attached hydrogens (primary N) is 1. The molecule has 0 fully saturated rings. The van der Waals surface area contributed by atoms with Crippen molar-refractivity contribution in [2.45, 2.75) is 148 Å². The van der Waals surface area contributed by atoms with Crippen LogP contribution in [0.25, 0.3) is 0 Å². The predicted octanol–water partition coefficient (Wildman–Crippen LogP) is 9.68. The van der Waals surface area contributed by atoms with Crippen LogP contribution in [-0.2, 0) is 32.7 Å². The number of carbonyl (C=O) groups is 2. The van der Waals surface area contributed by atoms with Gasteiger partial charge in [0.2, 0.25) is 0 Å². The van der Waals surface area contributed by atoms with E-state index in [1.165, 1.54) is 25.7 Å². The Morgan fingerprint density at radius 2 is 1.31 bits per heavy atom. The first kappa shape index (κ1) is 49.4. The molecule has 0 aliphatic carbocycles. The van der Waals surface area contributed by atoms with Crippen LogP contribution in [0.2, 0.25) is 0 Å². The first-order valence-electron chi connectivity index (χ1n) is 19.5. The summed E-state index contributed by atoms with van der Waals surface area (Å²) in [6, 6.07) is 0. The zero-order chi connectivity index (χ0) is 38.4. The number of unbranched alkanes of at least 4 members (excludes halogenated alkanes) is 10. The van der Waals surface area contributed by atoms with Gasteiger partial charge in [0.05, 0.1) is 19.3 Å². The fraction of sp³-hybridized carbons (Fsp3) is 0.659. The van der Waals surface area contributed by atoms with E-state index in [0.717, 1.165) is 51.4 Å². The van der Waals surface area contributed by atoms with Crippen LogP contribution in [0, 0.1) is 0 Å². The number of aliphatic hydroxyl groups is 1. The van der Waals surface area contributed by atoms with Gasteiger partial charge in [0.15, 0.2) is 6.10 Å². The summed E-state index contributed by atoms with van der Waals surface area (Å²) in [4.78, 5) is 34.7. The Hall–Kier alpha value is -2.59. The van der Waals surface area contributed by atoms with Gasteiger partial charge in [-0.15, -0.1) is 0 Å². The molecule has 0 radical (unpaired) electrons. The summed E-state index contributed by atoms with van der Waals surface area (Å²) < 4.78 is 32.6. The summed E-state index contributed by atoms with van der Waals surface area (Å²) in [5, 5.41) is 9.99. The Balaban J connectivity index is 4.42. The Morgan fingerprint density at radius 1 is 0.692 bits per heavy atom. The molecule has 0 saturated heterocycles. The molecule has 0 heterocycles. The first-order chi connectivity index (χ1) is 25.2. The van der Waals surface area contributed by atoms with Gasteiger partial charge in [0.1, 0.15) is 6.61 Å². The molecule has 0 aromatic rings. The van der Waals surface area contributed by atoms with E-state index >= 15 is 0 Å². The fourth-order valence-electron chi connectivity index (χ4n) is 4.75. The zero-order valence-corrected chi connectivity index (χ0v) is 33.0. The molecule has 298 valence electrons. The molecular formula is C41H70NO9P. The quantitative estimate of drug-likeness (QED) is 0.0187. The molecule has 10 nitrogen and oxygen atoms in total. The summed E-state index contributed by atoms with van der Waals surface area (Å²) in [7, 11) is -4.41. The highest BCUT2D eigenvalue weighted by Crippen LogP contribution is 2.43. The molecule has 0 saturated carbocycles. The lowest BCUT2D eigenvalue weighted by molar-refractivity contribution is -0.161. The van der Waals surface area contributed by atoms with Gasteiger partial charge in [-0.05, 0) is 70.6 Å². The minimum absolute atomic E-state index is 0.0297. The average molecular weight is 752 g/mol. The van der Waals surface area contributed by atoms with Gasteiger partial charge in [-0.25, -0.2) is 4.57 Å². The van der Waals surface area contributed by atoms with Crippen LogP contribution >= 0.6 is 7.82 Å². The lowest BCUT2D eigenvalue weighted by Gasteiger charge is -2.19. The monoisotopic (exact) mass is 751 g/mol. The summed E-state index contributed by atoms with van der Waals surface area (Å²) >= 11 is 0. The van der Waals surface area contributed by atoms with E-state index in [1.807, 2.05) is 42.5 Å². The average Bonchev–Trinajstić information content (AvgIpc) is 3.12. The maximum Gasteiger partial charge on any atom is 0.472 e. The van der Waals surface area contributed by atoms with Gasteiger partial charge in [-0.2, -0.15) is 0 Å². The Morgan fingerprint density at radius 3 is 2.04 bits per heavy atom. The second-order valence-corrected chi connectivity index (χ2v) is 14.1. The zero-order valence-electron chi connectivity index (χ0n) is 32.1. The van der Waals surface area contributed by atoms with Crippen LogP contribution < -0.4 is 5.73 Å². The molecule has 0 spiro atoms. The minimum atomic E-state index is -4.41. The van der Waals surface area contributed by atoms with E-state index in [1.54, 1.807) is 6.08 Å². The molecule has 2 unspecified atom stereocenters. The molecule has 0 rings (SSSR count). The van der Waals surface area contributed by atoms with E-state index < -0.39 is 38.6 Å². The highest BCUT2D eigenvalue weighted by molar-refractivity contribution is 7.47. The van der Waals surface area contributed by atoms with Gasteiger partial charge >= 0.3 is 19.8 Å². The topological polar surface area (TPSA) is 155 Å². The van der Waals surface area contributed by atoms with E-state index in [0.29, 0.717) is 32.1 Å². The highest BCUT2D eigenvalue weighted by Gasteiger charge is 2.25. The van der Waals surface area contributed by atoms with Crippen molar-refractivity contribution < 1.29 is 42.7 Å². The molecule has 4 N–H and O–H groups in total. The van der Waals surface area contributed by atoms with Gasteiger partial charge < -0.3 is 25.2 Å². The number of carbonyl (C=O) groups excluding carboxylic acids is 2. The number of rotatable bonds is 35. The molecule has 0 aliphatic heterocycles. The van der Waals surface area contributed by atoms with Gasteiger partial charge in [-0.3, -0.25) is 18.6 Å². The van der Waals surface area contributed by atoms with Crippen molar-refractivity contribution >= 4 is 19.8 Å². The van der Waals surface area contributed by atoms with Crippen LogP contribution in [0.15, 0.2) is 72.9 Å². The fourth-order valence-corrected chi connectivity index (χ4v) is 5.51. The Kier molecular flexibility index (Phi) is 34.9. The maximum atomic E-state index is 12.5. The van der Waals surface area contributed by atoms with Crippen LogP contribution in [0.4, 0.5) is 0 Å². The molecule has 0 aromatic heterocycles. The molecule has 52 heavy (non-hydrogen) atoms. The van der Waals surface area contributed by atoms with Crippen molar-refractivity contribution in [3.63, 3.8) is 0 Å². The number of allylic oxidation sites excluding steroid dienone is 10. The third-order valence-electron chi connectivity index (χ3n) is 7.66. The van der Waals surface area contributed by atoms with Gasteiger partial charge in [0.25, 0.3) is 0 Å². The van der Waals surface area contributed by atoms with Crippen molar-refractivity contribution in [1.29, 1.82) is 0 Å². The normalized spacial score (nSPS) is 14.8. The third-order valence-corrected chi connectivity index (χ3v) is 8.64. The van der Waals surface area contributed by atoms with E-state index in [9.17, 15) is 24.2 Å². The second-order valence-electron chi connectivity index (χ2n) is 12.6. The number of hydrogen-bond acceptors (Lipinski definition) is 9. The third kappa shape index (κ3) is 35.8. The number of ether oxygens (including phenoxy) is 2. The standard InChI is InChI=1S/C41H70NO9P/c1-3-5-7-9-11-12-13-14-15-16-20-24-28-32-40(44)48-36-39(37-50-52(46,47)49-35-34-42)51-41(45)33-29-25-21-18-17-19-23-27-31-38(43)30-26-22-10-8-6-4-2/h6,8,12-13,18-19,21-23,26-27,31,38-39,43H,3-5,7,9-11,14-17,20,24-25,28-30,32-37,42H2,1-2H3,(H,46,47)/b8-6-,13-12-,21-18-,23-19-,26-22-,31-27+/t38?,39-/m1/s1. The molecule has 0 aromatic carbocycles. The van der Waals surface area contributed by atoms with Crippen LogP contribution in [0.3, 0.4) is 0 Å². The summed E-state index contributed by atoms with van der Waals surface area (Å²) in [5.74, 6) is -0.955. The Bertz CT molecular complexity index is 1100. The number of phosphoric acid groups is 1. The summed E-state index contributed by atoms with van der Waals surface area (Å²) in [6.45, 7) is 3.40. The molecule has 0 bridgehead atoms. The summed E-state index contributed by atoms with van der Waals surface area (Å²) in [5.41, 5.74) is 5.32. The number of esters is 2. The Labute approximate surface area is 314 Å². The molecule has 0 amide bonds. The molecular weight excluding hydrogens is 681 g/mol. The largest absolute Gasteiger partial charge is 0.472 e. The minimum Gasteiger partial charge on any atom is -0.462 e. The van der Waals surface area contributed by atoms with Crippen molar-refractivity contribution in [3.8, 4) is 0 Å².